The van der Waals surface area contributed by atoms with Gasteiger partial charge in [-0.05, 0) is 43.4 Å². The van der Waals surface area contributed by atoms with Crippen molar-refractivity contribution in [2.45, 2.75) is 64.7 Å². The third kappa shape index (κ3) is 5.52. The molecule has 5 rings (SSSR count). The maximum Gasteiger partial charge on any atom is 0.228 e. The molecule has 0 N–H and O–H groups in total. The van der Waals surface area contributed by atoms with E-state index in [1.54, 1.807) is 18.3 Å². The van der Waals surface area contributed by atoms with Gasteiger partial charge in [0.25, 0.3) is 0 Å². The van der Waals surface area contributed by atoms with Gasteiger partial charge >= 0.3 is 0 Å². The predicted molar refractivity (Wildman–Crippen MR) is 144 cm³/mol. The molecule has 0 spiro atoms. The van der Waals surface area contributed by atoms with Gasteiger partial charge in [0.1, 0.15) is 0 Å². The molecule has 0 radical (unpaired) electrons. The van der Waals surface area contributed by atoms with E-state index in [0.29, 0.717) is 32.1 Å². The number of nitrogens with zero attached hydrogens (tertiary/aromatic N) is 4. The Morgan fingerprint density at radius 3 is 2.50 bits per heavy atom. The summed E-state index contributed by atoms with van der Waals surface area (Å²) in [4.78, 5) is 37.5. The number of carbonyl (C=O) groups excluding carboxylic acids is 2. The molecular weight excluding hydrogens is 468 g/mol. The van der Waals surface area contributed by atoms with Crippen LogP contribution in [0.5, 0.6) is 0 Å². The Balaban J connectivity index is 1.49. The molecule has 188 valence electrons. The zero-order valence-electron chi connectivity index (χ0n) is 21.1. The molecule has 1 aromatic heterocycles. The van der Waals surface area contributed by atoms with Crippen LogP contribution in [0.4, 0.5) is 5.69 Å². The molecule has 0 aliphatic carbocycles. The van der Waals surface area contributed by atoms with E-state index in [2.05, 4.69) is 40.2 Å². The Hall–Kier alpha value is -3.03. The van der Waals surface area contributed by atoms with Gasteiger partial charge < -0.3 is 9.80 Å². The van der Waals surface area contributed by atoms with E-state index in [1.165, 1.54) is 5.56 Å². The second-order valence-electron chi connectivity index (χ2n) is 9.94. The van der Waals surface area contributed by atoms with Crippen LogP contribution in [0.2, 0.25) is 0 Å². The predicted octanol–water partition coefficient (Wildman–Crippen LogP) is 4.81. The topological polar surface area (TPSA) is 56.8 Å². The average Bonchev–Trinajstić information content (AvgIpc) is 3.44. The number of hydrogen-bond acceptors (Lipinski definition) is 5. The number of amides is 2. The first-order valence-corrected chi connectivity index (χ1v) is 13.7. The molecule has 3 aromatic rings. The van der Waals surface area contributed by atoms with Crippen molar-refractivity contribution in [1.29, 1.82) is 0 Å². The average molecular weight is 503 g/mol. The lowest BCUT2D eigenvalue weighted by Gasteiger charge is -2.34. The highest BCUT2D eigenvalue weighted by Gasteiger charge is 2.36. The zero-order valence-corrected chi connectivity index (χ0v) is 21.9. The van der Waals surface area contributed by atoms with Gasteiger partial charge in [0.05, 0.1) is 17.1 Å². The summed E-state index contributed by atoms with van der Waals surface area (Å²) < 4.78 is 0. The SMILES string of the molecule is CC(=O)N1CC[C@@H]2CC[C@H](CN(C(=O)Cc3csc(C)n3)Cc3ccccc31)N2Cc1ccccc1. The fourth-order valence-corrected chi connectivity index (χ4v) is 6.29. The summed E-state index contributed by atoms with van der Waals surface area (Å²) in [6, 6.07) is 19.3. The third-order valence-electron chi connectivity index (χ3n) is 7.47. The van der Waals surface area contributed by atoms with Gasteiger partial charge in [-0.15, -0.1) is 11.3 Å². The number of benzene rings is 2. The monoisotopic (exact) mass is 502 g/mol. The normalized spacial score (nSPS) is 20.6. The second kappa shape index (κ2) is 10.9. The van der Waals surface area contributed by atoms with Gasteiger partial charge in [0, 0.05) is 56.3 Å². The number of rotatable bonds is 4. The van der Waals surface area contributed by atoms with E-state index >= 15 is 0 Å². The summed E-state index contributed by atoms with van der Waals surface area (Å²) in [5.41, 5.74) is 4.05. The molecule has 3 heterocycles. The van der Waals surface area contributed by atoms with Crippen molar-refractivity contribution >= 4 is 28.8 Å². The Labute approximate surface area is 217 Å². The number of thiazole rings is 1. The highest BCUT2D eigenvalue weighted by molar-refractivity contribution is 7.09. The van der Waals surface area contributed by atoms with Crippen molar-refractivity contribution in [3.63, 3.8) is 0 Å². The minimum atomic E-state index is 0.0432. The fraction of sp³-hybridized carbons (Fsp3) is 0.414. The van der Waals surface area contributed by atoms with Crippen LogP contribution in [0.3, 0.4) is 0 Å². The summed E-state index contributed by atoms with van der Waals surface area (Å²) in [7, 11) is 0. The molecule has 2 amide bonds. The van der Waals surface area contributed by atoms with Gasteiger partial charge in [-0.3, -0.25) is 14.5 Å². The number of aromatic nitrogens is 1. The van der Waals surface area contributed by atoms with Crippen LogP contribution >= 0.6 is 11.3 Å². The van der Waals surface area contributed by atoms with Gasteiger partial charge in [-0.1, -0.05) is 48.5 Å². The van der Waals surface area contributed by atoms with E-state index < -0.39 is 0 Å². The minimum Gasteiger partial charge on any atom is -0.336 e. The third-order valence-corrected chi connectivity index (χ3v) is 8.29. The Morgan fingerprint density at radius 2 is 1.75 bits per heavy atom. The van der Waals surface area contributed by atoms with E-state index in [0.717, 1.165) is 47.8 Å². The van der Waals surface area contributed by atoms with Gasteiger partial charge in [-0.25, -0.2) is 4.98 Å². The van der Waals surface area contributed by atoms with Crippen LogP contribution in [0, 0.1) is 6.92 Å². The summed E-state index contributed by atoms with van der Waals surface area (Å²) in [5, 5.41) is 2.96. The molecule has 0 saturated carbocycles. The van der Waals surface area contributed by atoms with Crippen molar-refractivity contribution in [3.8, 4) is 0 Å². The number of para-hydroxylation sites is 1. The van der Waals surface area contributed by atoms with Crippen molar-refractivity contribution in [2.75, 3.05) is 18.0 Å². The van der Waals surface area contributed by atoms with Crippen LogP contribution in [0.25, 0.3) is 0 Å². The molecular formula is C29H34N4O2S. The van der Waals surface area contributed by atoms with Crippen molar-refractivity contribution in [1.82, 2.24) is 14.8 Å². The highest BCUT2D eigenvalue weighted by atomic mass is 32.1. The Morgan fingerprint density at radius 1 is 1.00 bits per heavy atom. The van der Waals surface area contributed by atoms with Crippen LogP contribution in [0.15, 0.2) is 60.0 Å². The molecule has 1 fully saturated rings. The van der Waals surface area contributed by atoms with Crippen LogP contribution in [0.1, 0.15) is 48.0 Å². The smallest absolute Gasteiger partial charge is 0.228 e. The molecule has 2 bridgehead atoms. The quantitative estimate of drug-likeness (QED) is 0.514. The minimum absolute atomic E-state index is 0.0432. The van der Waals surface area contributed by atoms with E-state index in [-0.39, 0.29) is 17.9 Å². The lowest BCUT2D eigenvalue weighted by atomic mass is 10.1. The van der Waals surface area contributed by atoms with E-state index in [4.69, 9.17) is 0 Å². The van der Waals surface area contributed by atoms with Crippen molar-refractivity contribution in [2.24, 2.45) is 0 Å². The number of aryl methyl sites for hydroxylation is 1. The maximum absolute atomic E-state index is 13.7. The lowest BCUT2D eigenvalue weighted by molar-refractivity contribution is -0.132. The molecule has 1 saturated heterocycles. The van der Waals surface area contributed by atoms with E-state index in [1.807, 2.05) is 46.4 Å². The summed E-state index contributed by atoms with van der Waals surface area (Å²) in [6.07, 6.45) is 3.36. The molecule has 6 nitrogen and oxygen atoms in total. The number of carbonyl (C=O) groups is 2. The van der Waals surface area contributed by atoms with E-state index in [9.17, 15) is 9.59 Å². The number of fused-ring (bicyclic) bond motifs is 3. The van der Waals surface area contributed by atoms with Crippen LogP contribution in [-0.2, 0) is 29.1 Å². The van der Waals surface area contributed by atoms with Gasteiger partial charge in [0.2, 0.25) is 11.8 Å². The molecule has 2 atom stereocenters. The first-order chi connectivity index (χ1) is 17.5. The van der Waals surface area contributed by atoms with Crippen LogP contribution in [-0.4, -0.2) is 51.8 Å². The molecule has 36 heavy (non-hydrogen) atoms. The summed E-state index contributed by atoms with van der Waals surface area (Å²) in [6.45, 7) is 6.32. The largest absolute Gasteiger partial charge is 0.336 e. The second-order valence-corrected chi connectivity index (χ2v) is 11.0. The summed E-state index contributed by atoms with van der Waals surface area (Å²) in [5.74, 6) is 0.133. The molecule has 0 unspecified atom stereocenters. The first kappa shape index (κ1) is 24.7. The summed E-state index contributed by atoms with van der Waals surface area (Å²) >= 11 is 1.58. The first-order valence-electron chi connectivity index (χ1n) is 12.8. The molecule has 2 aliphatic heterocycles. The Kier molecular flexibility index (Phi) is 7.48. The zero-order chi connectivity index (χ0) is 25.1. The van der Waals surface area contributed by atoms with Crippen LogP contribution < -0.4 is 4.90 Å². The fourth-order valence-electron chi connectivity index (χ4n) is 5.68. The number of anilines is 1. The lowest BCUT2D eigenvalue weighted by Crippen LogP contribution is -2.45. The highest BCUT2D eigenvalue weighted by Crippen LogP contribution is 2.32. The Bertz CT molecular complexity index is 1210. The van der Waals surface area contributed by atoms with Gasteiger partial charge in [-0.2, -0.15) is 0 Å². The number of hydrogen-bond donors (Lipinski definition) is 0. The standard InChI is InChI=1S/C29H34N4O2S/c1-21-30-25(20-36-21)16-29(35)31-18-24-10-6-7-11-28(24)32(22(2)34)15-14-26-12-13-27(19-31)33(26)17-23-8-4-3-5-9-23/h3-11,20,26-27H,12-19H2,1-2H3/t26-,27+/m0/s1. The molecule has 2 aliphatic rings. The maximum atomic E-state index is 13.7. The van der Waals surface area contributed by atoms with Crippen molar-refractivity contribution in [3.05, 3.63) is 81.8 Å². The van der Waals surface area contributed by atoms with Crippen molar-refractivity contribution < 1.29 is 9.59 Å². The van der Waals surface area contributed by atoms with Gasteiger partial charge in [0.15, 0.2) is 0 Å². The molecule has 2 aromatic carbocycles. The molecule has 7 heteroatoms.